The number of aromatic nitrogens is 3. The zero-order valence-corrected chi connectivity index (χ0v) is 9.92. The fourth-order valence-corrected chi connectivity index (χ4v) is 2.99. The van der Waals surface area contributed by atoms with Gasteiger partial charge in [-0.05, 0) is 39.2 Å². The smallest absolute Gasteiger partial charge is 0.170 e. The van der Waals surface area contributed by atoms with E-state index < -0.39 is 0 Å². The first-order chi connectivity index (χ1) is 7.78. The maximum absolute atomic E-state index is 4.72. The summed E-state index contributed by atoms with van der Waals surface area (Å²) in [5, 5.41) is 11.1. The van der Waals surface area contributed by atoms with Gasteiger partial charge in [-0.3, -0.25) is 5.10 Å². The van der Waals surface area contributed by atoms with Gasteiger partial charge in [0.25, 0.3) is 0 Å². The van der Waals surface area contributed by atoms with Gasteiger partial charge in [-0.2, -0.15) is 5.10 Å². The van der Waals surface area contributed by atoms with Crippen LogP contribution in [0.3, 0.4) is 0 Å². The molecule has 0 aromatic carbocycles. The minimum atomic E-state index is 0.00730. The first kappa shape index (κ1) is 10.3. The molecule has 4 heteroatoms. The second kappa shape index (κ2) is 3.84. The molecule has 2 aliphatic rings. The molecule has 0 spiro atoms. The number of nitrogens with zero attached hydrogens (tertiary/aromatic N) is 2. The Morgan fingerprint density at radius 3 is 2.75 bits per heavy atom. The molecule has 2 fully saturated rings. The summed E-state index contributed by atoms with van der Waals surface area (Å²) < 4.78 is 0. The van der Waals surface area contributed by atoms with Crippen LogP contribution in [0.2, 0.25) is 0 Å². The number of H-pyrrole nitrogens is 1. The van der Waals surface area contributed by atoms with Crippen LogP contribution in [0.15, 0.2) is 0 Å². The van der Waals surface area contributed by atoms with Gasteiger partial charge >= 0.3 is 0 Å². The third kappa shape index (κ3) is 1.65. The Morgan fingerprint density at radius 2 is 2.06 bits per heavy atom. The number of rotatable bonds is 2. The van der Waals surface area contributed by atoms with Crippen LogP contribution >= 0.6 is 0 Å². The molecule has 1 aromatic rings. The molecule has 1 saturated heterocycles. The Hall–Kier alpha value is -0.900. The first-order valence-corrected chi connectivity index (χ1v) is 6.46. The van der Waals surface area contributed by atoms with Gasteiger partial charge in [0.15, 0.2) is 5.82 Å². The van der Waals surface area contributed by atoms with Crippen LogP contribution in [0.1, 0.15) is 63.0 Å². The summed E-state index contributed by atoms with van der Waals surface area (Å²) in [5.41, 5.74) is 0.00730. The van der Waals surface area contributed by atoms with Gasteiger partial charge in [0, 0.05) is 5.92 Å². The molecule has 88 valence electrons. The molecule has 1 aliphatic carbocycles. The summed E-state index contributed by atoms with van der Waals surface area (Å²) in [6.45, 7) is 3.30. The molecule has 4 nitrogen and oxygen atoms in total. The number of aromatic amines is 1. The fraction of sp³-hybridized carbons (Fsp3) is 0.833. The van der Waals surface area contributed by atoms with E-state index in [2.05, 4.69) is 22.4 Å². The van der Waals surface area contributed by atoms with Gasteiger partial charge in [-0.1, -0.05) is 12.8 Å². The standard InChI is InChI=1S/C12H20N4/c1-12(7-4-8-13-12)11-14-10(15-16-11)9-5-2-3-6-9/h9,13H,2-8H2,1H3,(H,14,15,16). The van der Waals surface area contributed by atoms with Crippen LogP contribution in [0.4, 0.5) is 0 Å². The number of hydrogen-bond acceptors (Lipinski definition) is 3. The van der Waals surface area contributed by atoms with Gasteiger partial charge in [-0.15, -0.1) is 0 Å². The second-order valence-corrected chi connectivity index (χ2v) is 5.39. The van der Waals surface area contributed by atoms with E-state index in [9.17, 15) is 0 Å². The molecule has 1 saturated carbocycles. The molecule has 1 atom stereocenters. The van der Waals surface area contributed by atoms with Gasteiger partial charge in [-0.25, -0.2) is 4.98 Å². The number of nitrogens with one attached hydrogen (secondary N) is 2. The minimum absolute atomic E-state index is 0.00730. The highest BCUT2D eigenvalue weighted by Crippen LogP contribution is 2.34. The lowest BCUT2D eigenvalue weighted by Crippen LogP contribution is -2.34. The molecule has 0 amide bonds. The van der Waals surface area contributed by atoms with Crippen molar-refractivity contribution in [2.75, 3.05) is 6.54 Å². The Balaban J connectivity index is 1.81. The second-order valence-electron chi connectivity index (χ2n) is 5.39. The Bertz CT molecular complexity index is 359. The highest BCUT2D eigenvalue weighted by atomic mass is 15.3. The molecule has 2 heterocycles. The molecular formula is C12H20N4. The predicted octanol–water partition coefficient (Wildman–Crippen LogP) is 2.06. The van der Waals surface area contributed by atoms with Crippen molar-refractivity contribution >= 4 is 0 Å². The summed E-state index contributed by atoms with van der Waals surface area (Å²) >= 11 is 0. The molecule has 2 N–H and O–H groups in total. The largest absolute Gasteiger partial charge is 0.305 e. The highest BCUT2D eigenvalue weighted by Gasteiger charge is 2.34. The van der Waals surface area contributed by atoms with Crippen molar-refractivity contribution in [1.82, 2.24) is 20.5 Å². The van der Waals surface area contributed by atoms with E-state index in [0.717, 1.165) is 24.6 Å². The summed E-state index contributed by atoms with van der Waals surface area (Å²) in [4.78, 5) is 4.72. The van der Waals surface area contributed by atoms with Gasteiger partial charge in [0.05, 0.1) is 5.54 Å². The van der Waals surface area contributed by atoms with E-state index in [1.807, 2.05) is 0 Å². The maximum atomic E-state index is 4.72. The normalized spacial score (nSPS) is 31.3. The highest BCUT2D eigenvalue weighted by molar-refractivity contribution is 5.09. The van der Waals surface area contributed by atoms with Crippen molar-refractivity contribution in [2.45, 2.75) is 56.9 Å². The average Bonchev–Trinajstić information content (AvgIpc) is 2.98. The van der Waals surface area contributed by atoms with Crippen LogP contribution < -0.4 is 5.32 Å². The maximum Gasteiger partial charge on any atom is 0.170 e. The Kier molecular flexibility index (Phi) is 2.46. The molecular weight excluding hydrogens is 200 g/mol. The van der Waals surface area contributed by atoms with Crippen LogP contribution in [0, 0.1) is 0 Å². The Labute approximate surface area is 96.2 Å². The van der Waals surface area contributed by atoms with Crippen molar-refractivity contribution in [1.29, 1.82) is 0 Å². The third-order valence-corrected chi connectivity index (χ3v) is 4.11. The molecule has 0 bridgehead atoms. The average molecular weight is 220 g/mol. The van der Waals surface area contributed by atoms with E-state index in [4.69, 9.17) is 4.98 Å². The van der Waals surface area contributed by atoms with Crippen molar-refractivity contribution < 1.29 is 0 Å². The van der Waals surface area contributed by atoms with Crippen molar-refractivity contribution in [3.8, 4) is 0 Å². The van der Waals surface area contributed by atoms with Crippen LogP contribution in [-0.2, 0) is 5.54 Å². The lowest BCUT2D eigenvalue weighted by atomic mass is 10.00. The number of hydrogen-bond donors (Lipinski definition) is 2. The molecule has 1 aliphatic heterocycles. The van der Waals surface area contributed by atoms with Crippen molar-refractivity contribution in [3.05, 3.63) is 11.6 Å². The zero-order valence-electron chi connectivity index (χ0n) is 9.92. The SMILES string of the molecule is CC1(c2n[nH]c(C3CCCC3)n2)CCCN1. The van der Waals surface area contributed by atoms with E-state index in [-0.39, 0.29) is 5.54 Å². The molecule has 1 aromatic heterocycles. The lowest BCUT2D eigenvalue weighted by Gasteiger charge is -2.19. The topological polar surface area (TPSA) is 53.6 Å². The molecule has 3 rings (SSSR count). The predicted molar refractivity (Wildman–Crippen MR) is 62.2 cm³/mol. The quantitative estimate of drug-likeness (QED) is 0.802. The van der Waals surface area contributed by atoms with E-state index >= 15 is 0 Å². The Morgan fingerprint density at radius 1 is 1.25 bits per heavy atom. The molecule has 0 radical (unpaired) electrons. The molecule has 16 heavy (non-hydrogen) atoms. The summed E-state index contributed by atoms with van der Waals surface area (Å²) in [6, 6.07) is 0. The summed E-state index contributed by atoms with van der Waals surface area (Å²) in [6.07, 6.45) is 7.61. The van der Waals surface area contributed by atoms with Gasteiger partial charge < -0.3 is 5.32 Å². The fourth-order valence-electron chi connectivity index (χ4n) is 2.99. The van der Waals surface area contributed by atoms with E-state index in [1.54, 1.807) is 0 Å². The van der Waals surface area contributed by atoms with E-state index in [1.165, 1.54) is 32.1 Å². The van der Waals surface area contributed by atoms with Crippen LogP contribution in [0.5, 0.6) is 0 Å². The minimum Gasteiger partial charge on any atom is -0.305 e. The first-order valence-electron chi connectivity index (χ1n) is 6.46. The van der Waals surface area contributed by atoms with Crippen LogP contribution in [-0.4, -0.2) is 21.7 Å². The van der Waals surface area contributed by atoms with Gasteiger partial charge in [0.2, 0.25) is 0 Å². The van der Waals surface area contributed by atoms with Crippen molar-refractivity contribution in [3.63, 3.8) is 0 Å². The van der Waals surface area contributed by atoms with E-state index in [0.29, 0.717) is 5.92 Å². The summed E-state index contributed by atoms with van der Waals surface area (Å²) in [5.74, 6) is 2.71. The van der Waals surface area contributed by atoms with Gasteiger partial charge in [0.1, 0.15) is 5.82 Å². The van der Waals surface area contributed by atoms with Crippen LogP contribution in [0.25, 0.3) is 0 Å². The lowest BCUT2D eigenvalue weighted by molar-refractivity contribution is 0.408. The summed E-state index contributed by atoms with van der Waals surface area (Å²) in [7, 11) is 0. The molecule has 1 unspecified atom stereocenters. The monoisotopic (exact) mass is 220 g/mol. The van der Waals surface area contributed by atoms with Crippen molar-refractivity contribution in [2.24, 2.45) is 0 Å². The zero-order chi connectivity index (χ0) is 11.0. The third-order valence-electron chi connectivity index (χ3n) is 4.11.